The molecule has 0 amide bonds. The Morgan fingerprint density at radius 1 is 1.33 bits per heavy atom. The van der Waals surface area contributed by atoms with E-state index in [2.05, 4.69) is 0 Å². The van der Waals surface area contributed by atoms with E-state index in [4.69, 9.17) is 9.11 Å². The third-order valence-electron chi connectivity index (χ3n) is 0.180. The average molecular weight is 204 g/mol. The fourth-order valence-corrected chi connectivity index (χ4v) is 0. The van der Waals surface area contributed by atoms with Crippen LogP contribution >= 0.6 is 13.5 Å². The van der Waals surface area contributed by atoms with Gasteiger partial charge in [-0.1, -0.05) is 0 Å². The van der Waals surface area contributed by atoms with Gasteiger partial charge in [0.1, 0.15) is 0 Å². The minimum atomic E-state index is -4.71. The predicted octanol–water partition coefficient (Wildman–Crippen LogP) is -1.52. The van der Waals surface area contributed by atoms with Crippen molar-refractivity contribution < 1.29 is 21.7 Å². The Kier molecular flexibility index (Phi) is 11.4. The van der Waals surface area contributed by atoms with Gasteiger partial charge < -0.3 is 0 Å². The zero-order valence-corrected chi connectivity index (χ0v) is 6.07. The maximum absolute atomic E-state index is 9.34. The molecule has 9 heteroatoms. The summed E-state index contributed by atoms with van der Waals surface area (Å²) in [5, 5.41) is 0. The second-order valence-corrected chi connectivity index (χ2v) is 4.05. The van der Waals surface area contributed by atoms with Crippen LogP contribution in [0.15, 0.2) is 0 Å². The van der Waals surface area contributed by atoms with E-state index in [1.807, 2.05) is 0 Å². The van der Waals surface area contributed by atoms with Gasteiger partial charge >= 0.3 is 48.8 Å². The topological polar surface area (TPSA) is 91.7 Å². The van der Waals surface area contributed by atoms with E-state index >= 15 is 0 Å². The van der Waals surface area contributed by atoms with Gasteiger partial charge in [-0.25, -0.2) is 4.21 Å². The van der Waals surface area contributed by atoms with E-state index in [-0.39, 0.29) is 43.1 Å². The molecule has 0 spiro atoms. The van der Waals surface area contributed by atoms with Gasteiger partial charge in [-0.2, -0.15) is 21.9 Å². The molecule has 0 fully saturated rings. The van der Waals surface area contributed by atoms with Crippen molar-refractivity contribution in [3.05, 3.63) is 0 Å². The second kappa shape index (κ2) is 6.10. The van der Waals surface area contributed by atoms with Crippen LogP contribution in [0.5, 0.6) is 0 Å². The summed E-state index contributed by atoms with van der Waals surface area (Å²) in [7, 11) is -7.87. The first-order valence-electron chi connectivity index (χ1n) is 1.03. The molecular formula is H5NaO5S3. The summed E-state index contributed by atoms with van der Waals surface area (Å²) in [6.07, 6.45) is 0. The van der Waals surface area contributed by atoms with Crippen LogP contribution in [-0.2, 0) is 19.3 Å². The normalized spacial score (nSPS) is 12.7. The van der Waals surface area contributed by atoms with Crippen molar-refractivity contribution in [3.63, 3.8) is 0 Å². The Balaban J connectivity index is -0.000000180. The molecule has 9 heavy (non-hydrogen) atoms. The molecule has 1 atom stereocenters. The van der Waals surface area contributed by atoms with Gasteiger partial charge in [0, 0.05) is 0 Å². The van der Waals surface area contributed by atoms with E-state index in [0.717, 1.165) is 0 Å². The predicted molar refractivity (Wildman–Crippen MR) is 39.8 cm³/mol. The third-order valence-corrected chi connectivity index (χ3v) is 1.62. The van der Waals surface area contributed by atoms with Gasteiger partial charge in [0.05, 0.1) is 0 Å². The summed E-state index contributed by atoms with van der Waals surface area (Å²) in [5.41, 5.74) is 0. The molecule has 1 unspecified atom stereocenters. The van der Waals surface area contributed by atoms with E-state index < -0.39 is 19.3 Å². The van der Waals surface area contributed by atoms with E-state index in [0.29, 0.717) is 0 Å². The average Bonchev–Trinajstić information content (AvgIpc) is 1.31. The first kappa shape index (κ1) is 16.8. The Labute approximate surface area is 83.4 Å². The van der Waals surface area contributed by atoms with Gasteiger partial charge in [0.15, 0.2) is 0 Å². The molecule has 2 N–H and O–H groups in total. The van der Waals surface area contributed by atoms with Crippen LogP contribution in [0.3, 0.4) is 0 Å². The molecular weight excluding hydrogens is 199 g/mol. The molecule has 0 heterocycles. The fraction of sp³-hybridized carbons (Fsp3) is 0. The molecule has 0 aromatic carbocycles. The molecule has 0 rings (SSSR count). The number of hydrogen-bond acceptors (Lipinski definition) is 3. The van der Waals surface area contributed by atoms with Gasteiger partial charge in [0.25, 0.3) is 0 Å². The molecule has 0 saturated heterocycles. The van der Waals surface area contributed by atoms with Crippen LogP contribution < -0.4 is 0 Å². The van der Waals surface area contributed by atoms with Gasteiger partial charge in [-0.05, 0) is 0 Å². The molecule has 0 aliphatic heterocycles. The molecule has 5 nitrogen and oxygen atoms in total. The minimum absolute atomic E-state index is 0. The molecule has 0 aromatic heterocycles. The maximum atomic E-state index is 9.34. The zero-order chi connectivity index (χ0) is 6.08. The van der Waals surface area contributed by atoms with Crippen molar-refractivity contribution in [2.75, 3.05) is 0 Å². The molecule has 54 valence electrons. The Hall–Kier alpha value is 1.37. The third kappa shape index (κ3) is 9.37. The van der Waals surface area contributed by atoms with Crippen molar-refractivity contribution >= 4 is 62.3 Å². The van der Waals surface area contributed by atoms with Gasteiger partial charge in [-0.15, -0.1) is 0 Å². The molecule has 0 aliphatic carbocycles. The van der Waals surface area contributed by atoms with Gasteiger partial charge in [0.2, 0.25) is 0 Å². The van der Waals surface area contributed by atoms with E-state index in [1.54, 1.807) is 0 Å². The fourth-order valence-electron chi connectivity index (χ4n) is 0. The van der Waals surface area contributed by atoms with Crippen LogP contribution in [0, 0.1) is 0 Å². The number of rotatable bonds is 1. The van der Waals surface area contributed by atoms with E-state index in [9.17, 15) is 12.6 Å². The van der Waals surface area contributed by atoms with Crippen molar-refractivity contribution in [2.45, 2.75) is 0 Å². The summed E-state index contributed by atoms with van der Waals surface area (Å²) in [4.78, 5) is 0. The second-order valence-electron chi connectivity index (χ2n) is 0.645. The molecule has 0 radical (unpaired) electrons. The number of hydrogen-bond donors (Lipinski definition) is 2. The van der Waals surface area contributed by atoms with Crippen molar-refractivity contribution in [2.24, 2.45) is 0 Å². The van der Waals surface area contributed by atoms with Crippen molar-refractivity contribution in [3.8, 4) is 0 Å². The van der Waals surface area contributed by atoms with E-state index in [1.165, 1.54) is 0 Å². The van der Waals surface area contributed by atoms with Crippen LogP contribution in [0.1, 0.15) is 0 Å². The first-order valence-corrected chi connectivity index (χ1v) is 4.10. The summed E-state index contributed by atoms with van der Waals surface area (Å²) < 4.78 is 43.0. The van der Waals surface area contributed by atoms with Gasteiger partial charge in [-0.3, -0.25) is 9.11 Å². The van der Waals surface area contributed by atoms with Crippen LogP contribution in [0.2, 0.25) is 0 Å². The van der Waals surface area contributed by atoms with Crippen LogP contribution in [0.4, 0.5) is 0 Å². The summed E-state index contributed by atoms with van der Waals surface area (Å²) >= 11 is 0. The standard InChI is InChI=1S/Na.H2O5S2.H2S.H/c;1-6(2)7(3,4)5;;/h;(H,1,2)(H,3,4,5);1H2;. The zero-order valence-electron chi connectivity index (χ0n) is 3.44. The monoisotopic (exact) mass is 204 g/mol. The Morgan fingerprint density at radius 3 is 1.44 bits per heavy atom. The summed E-state index contributed by atoms with van der Waals surface area (Å²) in [5.74, 6) is 0. The Morgan fingerprint density at radius 2 is 1.44 bits per heavy atom. The van der Waals surface area contributed by atoms with Crippen LogP contribution in [-0.4, -0.2) is 51.3 Å². The van der Waals surface area contributed by atoms with Crippen molar-refractivity contribution in [1.29, 1.82) is 0 Å². The summed E-state index contributed by atoms with van der Waals surface area (Å²) in [6.45, 7) is 0. The Bertz CT molecular complexity index is 167. The quantitative estimate of drug-likeness (QED) is 0.234. The molecule has 0 bridgehead atoms. The van der Waals surface area contributed by atoms with Crippen LogP contribution in [0.25, 0.3) is 0 Å². The first-order chi connectivity index (χ1) is 2.94. The SMILES string of the molecule is O=S(O)S(=O)(=O)O.S.[NaH]. The summed E-state index contributed by atoms with van der Waals surface area (Å²) in [6, 6.07) is 0. The molecule has 0 saturated carbocycles. The molecule has 0 aromatic rings. The van der Waals surface area contributed by atoms with Crippen molar-refractivity contribution in [1.82, 2.24) is 0 Å². The molecule has 0 aliphatic rings.